The van der Waals surface area contributed by atoms with Crippen molar-refractivity contribution in [2.24, 2.45) is 5.73 Å². The molecule has 4 nitrogen and oxygen atoms in total. The van der Waals surface area contributed by atoms with Gasteiger partial charge in [0, 0.05) is 18.0 Å². The lowest BCUT2D eigenvalue weighted by atomic mass is 10.0. The monoisotopic (exact) mass is 269 g/mol. The van der Waals surface area contributed by atoms with Crippen molar-refractivity contribution in [3.8, 4) is 0 Å². The van der Waals surface area contributed by atoms with Crippen molar-refractivity contribution >= 4 is 15.6 Å². The van der Waals surface area contributed by atoms with Crippen molar-refractivity contribution in [1.82, 2.24) is 0 Å². The summed E-state index contributed by atoms with van der Waals surface area (Å²) in [6.07, 6.45) is 1.02. The van der Waals surface area contributed by atoms with Crippen LogP contribution in [0.4, 0.5) is 0 Å². The number of rotatable bonds is 6. The second kappa shape index (κ2) is 6.11. The first-order chi connectivity index (χ1) is 8.36. The molecule has 0 fully saturated rings. The molecule has 1 atom stereocenters. The third kappa shape index (κ3) is 3.92. The molecule has 2 N–H and O–H groups in total. The van der Waals surface area contributed by atoms with E-state index in [4.69, 9.17) is 5.73 Å². The van der Waals surface area contributed by atoms with Crippen molar-refractivity contribution in [3.05, 3.63) is 29.8 Å². The predicted molar refractivity (Wildman–Crippen MR) is 71.4 cm³/mol. The van der Waals surface area contributed by atoms with Gasteiger partial charge in [0.1, 0.15) is 0 Å². The van der Waals surface area contributed by atoms with E-state index < -0.39 is 9.84 Å². The zero-order valence-electron chi connectivity index (χ0n) is 10.7. The van der Waals surface area contributed by atoms with Gasteiger partial charge in [0.25, 0.3) is 0 Å². The summed E-state index contributed by atoms with van der Waals surface area (Å²) in [6, 6.07) is 6.09. The van der Waals surface area contributed by atoms with E-state index in [9.17, 15) is 13.2 Å². The Kier molecular flexibility index (Phi) is 5.04. The molecule has 0 aliphatic rings. The molecule has 0 bridgehead atoms. The molecule has 100 valence electrons. The van der Waals surface area contributed by atoms with Gasteiger partial charge in [-0.2, -0.15) is 0 Å². The van der Waals surface area contributed by atoms with Crippen LogP contribution < -0.4 is 5.73 Å². The van der Waals surface area contributed by atoms with Gasteiger partial charge >= 0.3 is 0 Å². The van der Waals surface area contributed by atoms with Crippen LogP contribution in [0, 0.1) is 0 Å². The van der Waals surface area contributed by atoms with Gasteiger partial charge in [0.2, 0.25) is 0 Å². The summed E-state index contributed by atoms with van der Waals surface area (Å²) in [7, 11) is -3.20. The Balaban J connectivity index is 2.80. The molecule has 1 aromatic carbocycles. The highest BCUT2D eigenvalue weighted by molar-refractivity contribution is 7.91. The van der Waals surface area contributed by atoms with Crippen molar-refractivity contribution < 1.29 is 13.2 Å². The first-order valence-corrected chi connectivity index (χ1v) is 7.63. The molecule has 0 aromatic heterocycles. The minimum absolute atomic E-state index is 0.00584. The van der Waals surface area contributed by atoms with Gasteiger partial charge < -0.3 is 5.73 Å². The topological polar surface area (TPSA) is 77.2 Å². The standard InChI is InChI=1S/C13H19NO3S/c1-3-18(16,17)12-7-5-11(6-8-12)13(15)9-4-10(2)14/h5-8,10H,3-4,9,14H2,1-2H3. The Hall–Kier alpha value is -1.20. The van der Waals surface area contributed by atoms with Gasteiger partial charge in [0.15, 0.2) is 15.6 Å². The van der Waals surface area contributed by atoms with Crippen LogP contribution in [0.15, 0.2) is 29.2 Å². The third-order valence-electron chi connectivity index (χ3n) is 2.74. The molecule has 0 heterocycles. The molecular weight excluding hydrogens is 250 g/mol. The lowest BCUT2D eigenvalue weighted by molar-refractivity contribution is 0.0978. The van der Waals surface area contributed by atoms with E-state index >= 15 is 0 Å². The number of sulfone groups is 1. The second-order valence-corrected chi connectivity index (χ2v) is 6.65. The third-order valence-corrected chi connectivity index (χ3v) is 4.49. The smallest absolute Gasteiger partial charge is 0.178 e. The van der Waals surface area contributed by atoms with Gasteiger partial charge in [0.05, 0.1) is 10.6 Å². The number of ketones is 1. The summed E-state index contributed by atoms with van der Waals surface area (Å²) >= 11 is 0. The lowest BCUT2D eigenvalue weighted by Crippen LogP contribution is -2.16. The molecule has 0 spiro atoms. The molecule has 5 heteroatoms. The van der Waals surface area contributed by atoms with Gasteiger partial charge in [-0.25, -0.2) is 8.42 Å². The highest BCUT2D eigenvalue weighted by Gasteiger charge is 2.12. The van der Waals surface area contributed by atoms with E-state index in [0.717, 1.165) is 0 Å². The number of nitrogens with two attached hydrogens (primary N) is 1. The number of carbonyl (C=O) groups excluding carboxylic acids is 1. The highest BCUT2D eigenvalue weighted by atomic mass is 32.2. The number of benzene rings is 1. The summed E-state index contributed by atoms with van der Waals surface area (Å²) in [5.74, 6) is 0.0538. The van der Waals surface area contributed by atoms with Gasteiger partial charge in [-0.1, -0.05) is 19.1 Å². The zero-order valence-corrected chi connectivity index (χ0v) is 11.5. The van der Waals surface area contributed by atoms with E-state index in [-0.39, 0.29) is 22.5 Å². The Bertz CT molecular complexity index is 504. The summed E-state index contributed by atoms with van der Waals surface area (Å²) in [6.45, 7) is 3.45. The van der Waals surface area contributed by atoms with E-state index in [1.54, 1.807) is 19.1 Å². The van der Waals surface area contributed by atoms with E-state index in [1.807, 2.05) is 6.92 Å². The number of Topliss-reactive ketones (excluding diaryl/α,β-unsaturated/α-hetero) is 1. The first-order valence-electron chi connectivity index (χ1n) is 5.98. The van der Waals surface area contributed by atoms with E-state index in [2.05, 4.69) is 0 Å². The van der Waals surface area contributed by atoms with Gasteiger partial charge in [-0.05, 0) is 25.5 Å². The van der Waals surface area contributed by atoms with Crippen LogP contribution in [0.3, 0.4) is 0 Å². The Morgan fingerprint density at radius 1 is 1.28 bits per heavy atom. The van der Waals surface area contributed by atoms with E-state index in [1.165, 1.54) is 12.1 Å². The molecule has 0 saturated heterocycles. The minimum Gasteiger partial charge on any atom is -0.328 e. The van der Waals surface area contributed by atoms with E-state index in [0.29, 0.717) is 18.4 Å². The van der Waals surface area contributed by atoms with Crippen molar-refractivity contribution in [2.75, 3.05) is 5.75 Å². The minimum atomic E-state index is -3.20. The fourth-order valence-corrected chi connectivity index (χ4v) is 2.40. The molecule has 1 aromatic rings. The molecule has 0 amide bonds. The second-order valence-electron chi connectivity index (χ2n) is 4.37. The molecular formula is C13H19NO3S. The van der Waals surface area contributed by atoms with Gasteiger partial charge in [-0.15, -0.1) is 0 Å². The lowest BCUT2D eigenvalue weighted by Gasteiger charge is -2.05. The molecule has 1 rings (SSSR count). The highest BCUT2D eigenvalue weighted by Crippen LogP contribution is 2.14. The maximum atomic E-state index is 11.8. The summed E-state index contributed by atoms with van der Waals surface area (Å²) in [5, 5.41) is 0. The summed E-state index contributed by atoms with van der Waals surface area (Å²) in [4.78, 5) is 12.0. The predicted octanol–water partition coefficient (Wildman–Crippen LogP) is 1.79. The van der Waals surface area contributed by atoms with Crippen LogP contribution >= 0.6 is 0 Å². The number of hydrogen-bond acceptors (Lipinski definition) is 4. The Labute approximate surface area is 108 Å². The Morgan fingerprint density at radius 2 is 1.83 bits per heavy atom. The average molecular weight is 269 g/mol. The van der Waals surface area contributed by atoms with Crippen molar-refractivity contribution in [2.45, 2.75) is 37.6 Å². The fraction of sp³-hybridized carbons (Fsp3) is 0.462. The first kappa shape index (κ1) is 14.9. The molecule has 0 radical (unpaired) electrons. The van der Waals surface area contributed by atoms with Crippen LogP contribution in [-0.2, 0) is 9.84 Å². The van der Waals surface area contributed by atoms with Gasteiger partial charge in [-0.3, -0.25) is 4.79 Å². The number of carbonyl (C=O) groups is 1. The van der Waals surface area contributed by atoms with Crippen LogP contribution in [0.25, 0.3) is 0 Å². The fourth-order valence-electron chi connectivity index (χ4n) is 1.52. The number of hydrogen-bond donors (Lipinski definition) is 1. The van der Waals surface area contributed by atoms with Crippen LogP contribution in [-0.4, -0.2) is 26.0 Å². The maximum Gasteiger partial charge on any atom is 0.178 e. The van der Waals surface area contributed by atoms with Crippen LogP contribution in [0.1, 0.15) is 37.0 Å². The molecule has 18 heavy (non-hydrogen) atoms. The largest absolute Gasteiger partial charge is 0.328 e. The Morgan fingerprint density at radius 3 is 2.28 bits per heavy atom. The molecule has 0 aliphatic carbocycles. The maximum absolute atomic E-state index is 11.8. The van der Waals surface area contributed by atoms with Crippen LogP contribution in [0.2, 0.25) is 0 Å². The SMILES string of the molecule is CCS(=O)(=O)c1ccc(C(=O)CCC(C)N)cc1. The molecule has 0 aliphatic heterocycles. The molecule has 1 unspecified atom stereocenters. The summed E-state index contributed by atoms with van der Waals surface area (Å²) < 4.78 is 23.2. The normalized spacial score (nSPS) is 13.3. The van der Waals surface area contributed by atoms with Crippen LogP contribution in [0.5, 0.6) is 0 Å². The quantitative estimate of drug-likeness (QED) is 0.799. The zero-order chi connectivity index (χ0) is 13.8. The molecule has 0 saturated carbocycles. The average Bonchev–Trinajstić information content (AvgIpc) is 2.36. The summed E-state index contributed by atoms with van der Waals surface area (Å²) in [5.41, 5.74) is 6.12. The van der Waals surface area contributed by atoms with Crippen molar-refractivity contribution in [3.63, 3.8) is 0 Å². The van der Waals surface area contributed by atoms with Crippen molar-refractivity contribution in [1.29, 1.82) is 0 Å².